The number of aryl methyl sites for hydroxylation is 1. The van der Waals surface area contributed by atoms with Crippen LogP contribution < -0.4 is 4.74 Å². The molecule has 2 aromatic heterocycles. The number of halogens is 2. The number of piperidine rings is 1. The molecule has 7 heteroatoms. The number of benzene rings is 2. The van der Waals surface area contributed by atoms with E-state index in [1.54, 1.807) is 6.20 Å². The van der Waals surface area contributed by atoms with Gasteiger partial charge in [0.2, 0.25) is 5.89 Å². The maximum absolute atomic E-state index is 6.20. The van der Waals surface area contributed by atoms with Crippen molar-refractivity contribution >= 4 is 34.1 Å². The van der Waals surface area contributed by atoms with Crippen molar-refractivity contribution in [3.63, 3.8) is 0 Å². The molecule has 0 amide bonds. The third kappa shape index (κ3) is 5.06. The van der Waals surface area contributed by atoms with Gasteiger partial charge in [-0.05, 0) is 81.1 Å². The molecule has 1 N–H and O–H groups in total. The van der Waals surface area contributed by atoms with E-state index in [0.717, 1.165) is 67.0 Å². The monoisotopic (exact) mass is 483 g/mol. The number of nitrogens with one attached hydrogen (secondary N) is 1. The SMILES string of the molecule is Cc1cnc(-c2cc3c(OCCCN4CCC(c5ccc(Cl)c(Cl)c5)CC4)cccc3[nH]2)o1. The highest BCUT2D eigenvalue weighted by Gasteiger charge is 2.21. The molecular weight excluding hydrogens is 457 g/mol. The van der Waals surface area contributed by atoms with Crippen LogP contribution in [0.25, 0.3) is 22.5 Å². The minimum atomic E-state index is 0.556. The van der Waals surface area contributed by atoms with Crippen molar-refractivity contribution in [1.82, 2.24) is 14.9 Å². The van der Waals surface area contributed by atoms with Crippen LogP contribution in [0.3, 0.4) is 0 Å². The lowest BCUT2D eigenvalue weighted by atomic mass is 9.89. The first-order valence-electron chi connectivity index (χ1n) is 11.4. The average molecular weight is 484 g/mol. The lowest BCUT2D eigenvalue weighted by molar-refractivity contribution is 0.193. The molecule has 0 bridgehead atoms. The number of aromatic nitrogens is 2. The van der Waals surface area contributed by atoms with Crippen LogP contribution in [0, 0.1) is 6.92 Å². The minimum absolute atomic E-state index is 0.556. The topological polar surface area (TPSA) is 54.3 Å². The van der Waals surface area contributed by atoms with Crippen LogP contribution in [0.1, 0.15) is 36.5 Å². The first-order valence-corrected chi connectivity index (χ1v) is 12.2. The molecular formula is C26H27Cl2N3O2. The van der Waals surface area contributed by atoms with Crippen LogP contribution in [0.2, 0.25) is 10.0 Å². The van der Waals surface area contributed by atoms with E-state index in [1.807, 2.05) is 43.3 Å². The van der Waals surface area contributed by atoms with E-state index >= 15 is 0 Å². The summed E-state index contributed by atoms with van der Waals surface area (Å²) in [6, 6.07) is 14.1. The Kier molecular flexibility index (Phi) is 6.63. The highest BCUT2D eigenvalue weighted by atomic mass is 35.5. The molecule has 1 aliphatic heterocycles. The summed E-state index contributed by atoms with van der Waals surface area (Å²) in [5.41, 5.74) is 3.17. The first-order chi connectivity index (χ1) is 16.1. The smallest absolute Gasteiger partial charge is 0.243 e. The standard InChI is InChI=1S/C26H27Cl2N3O2/c1-17-16-29-26(33-17)24-15-20-23(30-24)4-2-5-25(20)32-13-3-10-31-11-8-18(9-12-31)19-6-7-21(27)22(28)14-19/h2,4-7,14-16,18,30H,3,8-13H2,1H3. The van der Waals surface area contributed by atoms with Gasteiger partial charge in [-0.2, -0.15) is 0 Å². The van der Waals surface area contributed by atoms with Gasteiger partial charge in [-0.25, -0.2) is 4.98 Å². The van der Waals surface area contributed by atoms with E-state index in [9.17, 15) is 0 Å². The largest absolute Gasteiger partial charge is 0.493 e. The Morgan fingerprint density at radius 2 is 1.97 bits per heavy atom. The van der Waals surface area contributed by atoms with Crippen LogP contribution in [0.5, 0.6) is 5.75 Å². The molecule has 0 spiro atoms. The number of ether oxygens (including phenoxy) is 1. The van der Waals surface area contributed by atoms with E-state index in [1.165, 1.54) is 5.56 Å². The van der Waals surface area contributed by atoms with E-state index < -0.39 is 0 Å². The van der Waals surface area contributed by atoms with Gasteiger partial charge in [-0.3, -0.25) is 0 Å². The van der Waals surface area contributed by atoms with Crippen molar-refractivity contribution in [2.75, 3.05) is 26.2 Å². The molecule has 0 unspecified atom stereocenters. The highest BCUT2D eigenvalue weighted by molar-refractivity contribution is 6.42. The fourth-order valence-electron chi connectivity index (χ4n) is 4.57. The fourth-order valence-corrected chi connectivity index (χ4v) is 4.88. The van der Waals surface area contributed by atoms with Gasteiger partial charge in [-0.1, -0.05) is 35.3 Å². The summed E-state index contributed by atoms with van der Waals surface area (Å²) in [7, 11) is 0. The number of fused-ring (bicyclic) bond motifs is 1. The zero-order chi connectivity index (χ0) is 22.8. The number of hydrogen-bond donors (Lipinski definition) is 1. The van der Waals surface area contributed by atoms with Crippen LogP contribution in [-0.2, 0) is 0 Å². The molecule has 172 valence electrons. The summed E-state index contributed by atoms with van der Waals surface area (Å²) in [6.07, 6.45) is 5.00. The minimum Gasteiger partial charge on any atom is -0.493 e. The fraction of sp³-hybridized carbons (Fsp3) is 0.346. The Labute approximate surface area is 203 Å². The Morgan fingerprint density at radius 1 is 1.12 bits per heavy atom. The van der Waals surface area contributed by atoms with Crippen LogP contribution in [-0.4, -0.2) is 41.1 Å². The Morgan fingerprint density at radius 3 is 2.73 bits per heavy atom. The van der Waals surface area contributed by atoms with Gasteiger partial charge >= 0.3 is 0 Å². The predicted octanol–water partition coefficient (Wildman–Crippen LogP) is 7.09. The summed E-state index contributed by atoms with van der Waals surface area (Å²) >= 11 is 12.3. The van der Waals surface area contributed by atoms with Crippen molar-refractivity contribution in [3.05, 3.63) is 70.0 Å². The molecule has 1 fully saturated rings. The molecule has 5 nitrogen and oxygen atoms in total. The molecule has 4 aromatic rings. The Balaban J connectivity index is 1.12. The third-order valence-electron chi connectivity index (χ3n) is 6.35. The zero-order valence-corrected chi connectivity index (χ0v) is 20.1. The number of nitrogens with zero attached hydrogens (tertiary/aromatic N) is 2. The molecule has 2 aromatic carbocycles. The van der Waals surface area contributed by atoms with E-state index in [2.05, 4.69) is 20.9 Å². The van der Waals surface area contributed by atoms with E-state index in [-0.39, 0.29) is 0 Å². The van der Waals surface area contributed by atoms with Crippen LogP contribution >= 0.6 is 23.2 Å². The maximum atomic E-state index is 6.20. The molecule has 3 heterocycles. The summed E-state index contributed by atoms with van der Waals surface area (Å²) in [4.78, 5) is 10.2. The summed E-state index contributed by atoms with van der Waals surface area (Å²) in [6.45, 7) is 5.81. The Bertz CT molecular complexity index is 1240. The van der Waals surface area contributed by atoms with Crippen molar-refractivity contribution in [3.8, 4) is 17.3 Å². The van der Waals surface area contributed by atoms with E-state index in [0.29, 0.717) is 28.5 Å². The third-order valence-corrected chi connectivity index (χ3v) is 7.09. The van der Waals surface area contributed by atoms with Crippen molar-refractivity contribution in [1.29, 1.82) is 0 Å². The number of oxazole rings is 1. The lowest BCUT2D eigenvalue weighted by Gasteiger charge is -2.32. The second kappa shape index (κ2) is 9.80. The normalized spacial score (nSPS) is 15.4. The van der Waals surface area contributed by atoms with Crippen LogP contribution in [0.4, 0.5) is 0 Å². The average Bonchev–Trinajstić information content (AvgIpc) is 3.45. The van der Waals surface area contributed by atoms with Crippen molar-refractivity contribution in [2.45, 2.75) is 32.1 Å². The summed E-state index contributed by atoms with van der Waals surface area (Å²) in [5.74, 6) is 2.83. The molecule has 0 atom stereocenters. The number of aromatic amines is 1. The quantitative estimate of drug-likeness (QED) is 0.285. The second-order valence-corrected chi connectivity index (χ2v) is 9.48. The zero-order valence-electron chi connectivity index (χ0n) is 18.6. The molecule has 0 saturated carbocycles. The van der Waals surface area contributed by atoms with Gasteiger partial charge in [0.15, 0.2) is 0 Å². The number of H-pyrrole nitrogens is 1. The van der Waals surface area contributed by atoms with Gasteiger partial charge in [0, 0.05) is 17.4 Å². The maximum Gasteiger partial charge on any atom is 0.243 e. The highest BCUT2D eigenvalue weighted by Crippen LogP contribution is 2.33. The molecule has 0 radical (unpaired) electrons. The number of hydrogen-bond acceptors (Lipinski definition) is 4. The lowest BCUT2D eigenvalue weighted by Crippen LogP contribution is -2.34. The molecule has 1 saturated heterocycles. The number of rotatable bonds is 7. The van der Waals surface area contributed by atoms with Gasteiger partial charge in [0.05, 0.1) is 22.8 Å². The molecule has 1 aliphatic rings. The van der Waals surface area contributed by atoms with Crippen LogP contribution in [0.15, 0.2) is 53.1 Å². The van der Waals surface area contributed by atoms with E-state index in [4.69, 9.17) is 32.4 Å². The molecule has 33 heavy (non-hydrogen) atoms. The van der Waals surface area contributed by atoms with Gasteiger partial charge in [0.1, 0.15) is 17.2 Å². The molecule has 0 aliphatic carbocycles. The van der Waals surface area contributed by atoms with Gasteiger partial charge in [0.25, 0.3) is 0 Å². The first kappa shape index (κ1) is 22.3. The Hall–Kier alpha value is -2.47. The van der Waals surface area contributed by atoms with Gasteiger partial charge < -0.3 is 19.0 Å². The molecule has 5 rings (SSSR count). The summed E-state index contributed by atoms with van der Waals surface area (Å²) < 4.78 is 11.8. The van der Waals surface area contributed by atoms with Crippen molar-refractivity contribution in [2.24, 2.45) is 0 Å². The van der Waals surface area contributed by atoms with Crippen molar-refractivity contribution < 1.29 is 9.15 Å². The second-order valence-electron chi connectivity index (χ2n) is 8.67. The summed E-state index contributed by atoms with van der Waals surface area (Å²) in [5, 5.41) is 2.32. The number of likely N-dealkylation sites (tertiary alicyclic amines) is 1. The van der Waals surface area contributed by atoms with Gasteiger partial charge in [-0.15, -0.1) is 0 Å². The predicted molar refractivity (Wildman–Crippen MR) is 134 cm³/mol.